The van der Waals surface area contributed by atoms with Gasteiger partial charge in [0.05, 0.1) is 6.61 Å². The van der Waals surface area contributed by atoms with E-state index in [1.807, 2.05) is 0 Å². The normalized spacial score (nSPS) is 11.7. The summed E-state index contributed by atoms with van der Waals surface area (Å²) in [6.07, 6.45) is 10.6. The van der Waals surface area contributed by atoms with Crippen molar-refractivity contribution < 1.29 is 4.74 Å². The highest BCUT2D eigenvalue weighted by Gasteiger charge is 2.27. The highest BCUT2D eigenvalue weighted by molar-refractivity contribution is 6.85. The lowest BCUT2D eigenvalue weighted by molar-refractivity contribution is 0.306. The molecule has 0 bridgehead atoms. The zero-order valence-electron chi connectivity index (χ0n) is 25.4. The molecule has 2 aromatic rings. The standard InChI is InChI=1S/C34H55BO/c1-11-12-13-14-15-16-17-18-19-36-33-21-28(9)27(8)20-32(33)35(10)34-30(25(4)5)22-29(24(2)3)23-31(34)26(6)7/h20-26H,11-19H2,1-10H3. The molecule has 0 aromatic heterocycles. The first kappa shape index (κ1) is 30.5. The molecule has 2 heteroatoms. The average molecular weight is 491 g/mol. The van der Waals surface area contributed by atoms with E-state index < -0.39 is 0 Å². The predicted molar refractivity (Wildman–Crippen MR) is 164 cm³/mol. The lowest BCUT2D eigenvalue weighted by Gasteiger charge is -2.27. The van der Waals surface area contributed by atoms with Crippen molar-refractivity contribution in [1.29, 1.82) is 0 Å². The molecule has 0 heterocycles. The van der Waals surface area contributed by atoms with E-state index in [-0.39, 0.29) is 0 Å². The van der Waals surface area contributed by atoms with Crippen molar-refractivity contribution in [3.8, 4) is 5.75 Å². The van der Waals surface area contributed by atoms with Crippen LogP contribution in [0.2, 0.25) is 6.82 Å². The number of ether oxygens (including phenoxy) is 1. The molecule has 0 saturated carbocycles. The number of hydrogen-bond acceptors (Lipinski definition) is 1. The molecule has 0 aliphatic rings. The Morgan fingerprint density at radius 3 is 1.67 bits per heavy atom. The van der Waals surface area contributed by atoms with Crippen molar-refractivity contribution in [2.45, 2.75) is 138 Å². The summed E-state index contributed by atoms with van der Waals surface area (Å²) in [5.74, 6) is 2.61. The maximum Gasteiger partial charge on any atom is 0.211 e. The summed E-state index contributed by atoms with van der Waals surface area (Å²) in [5, 5.41) is 0. The summed E-state index contributed by atoms with van der Waals surface area (Å²) in [4.78, 5) is 0. The van der Waals surface area contributed by atoms with Gasteiger partial charge in [0.2, 0.25) is 6.71 Å². The van der Waals surface area contributed by atoms with E-state index in [4.69, 9.17) is 4.74 Å². The van der Waals surface area contributed by atoms with E-state index in [2.05, 4.69) is 93.4 Å². The molecule has 0 N–H and O–H groups in total. The maximum absolute atomic E-state index is 6.52. The predicted octanol–water partition coefficient (Wildman–Crippen LogP) is 9.43. The Labute approximate surface area is 224 Å². The zero-order chi connectivity index (χ0) is 26.8. The van der Waals surface area contributed by atoms with E-state index >= 15 is 0 Å². The highest BCUT2D eigenvalue weighted by atomic mass is 16.5. The molecule has 0 aliphatic heterocycles. The monoisotopic (exact) mass is 490 g/mol. The van der Waals surface area contributed by atoms with Gasteiger partial charge in [-0.05, 0) is 77.4 Å². The second kappa shape index (κ2) is 14.9. The Morgan fingerprint density at radius 1 is 0.667 bits per heavy atom. The Balaban J connectivity index is 2.31. The number of unbranched alkanes of at least 4 members (excludes halogenated alkanes) is 7. The second-order valence-corrected chi connectivity index (χ2v) is 12.1. The third kappa shape index (κ3) is 8.42. The Kier molecular flexibility index (Phi) is 12.6. The van der Waals surface area contributed by atoms with Gasteiger partial charge in [-0.1, -0.05) is 124 Å². The lowest BCUT2D eigenvalue weighted by Crippen LogP contribution is -2.45. The first-order valence-corrected chi connectivity index (χ1v) is 15.0. The highest BCUT2D eigenvalue weighted by Crippen LogP contribution is 2.27. The van der Waals surface area contributed by atoms with Crippen LogP contribution in [0.5, 0.6) is 5.75 Å². The van der Waals surface area contributed by atoms with E-state index in [0.29, 0.717) is 24.5 Å². The largest absolute Gasteiger partial charge is 0.494 e. The molecule has 0 amide bonds. The molecule has 0 saturated heterocycles. The third-order valence-electron chi connectivity index (χ3n) is 7.96. The van der Waals surface area contributed by atoms with Gasteiger partial charge < -0.3 is 4.74 Å². The minimum atomic E-state index is 0.300. The van der Waals surface area contributed by atoms with Crippen LogP contribution in [0.25, 0.3) is 0 Å². The number of benzene rings is 2. The number of aryl methyl sites for hydroxylation is 2. The Morgan fingerprint density at radius 2 is 1.17 bits per heavy atom. The van der Waals surface area contributed by atoms with Crippen molar-refractivity contribution in [2.24, 2.45) is 0 Å². The second-order valence-electron chi connectivity index (χ2n) is 12.1. The molecular formula is C34H55BO. The van der Waals surface area contributed by atoms with Crippen LogP contribution in [0.15, 0.2) is 24.3 Å². The fraction of sp³-hybridized carbons (Fsp3) is 0.647. The molecule has 0 aliphatic carbocycles. The van der Waals surface area contributed by atoms with Crippen LogP contribution in [-0.4, -0.2) is 13.3 Å². The molecule has 2 rings (SSSR count). The van der Waals surface area contributed by atoms with Crippen LogP contribution >= 0.6 is 0 Å². The fourth-order valence-electron chi connectivity index (χ4n) is 5.36. The Hall–Kier alpha value is -1.70. The van der Waals surface area contributed by atoms with Gasteiger partial charge in [-0.25, -0.2) is 0 Å². The first-order valence-electron chi connectivity index (χ1n) is 15.0. The van der Waals surface area contributed by atoms with Gasteiger partial charge in [0.25, 0.3) is 0 Å². The molecule has 0 unspecified atom stereocenters. The summed E-state index contributed by atoms with van der Waals surface area (Å²) in [6, 6.07) is 9.65. The fourth-order valence-corrected chi connectivity index (χ4v) is 5.36. The first-order chi connectivity index (χ1) is 17.1. The minimum absolute atomic E-state index is 0.300. The summed E-state index contributed by atoms with van der Waals surface area (Å²) in [6.45, 7) is 24.3. The molecule has 0 spiro atoms. The van der Waals surface area contributed by atoms with Crippen molar-refractivity contribution in [3.63, 3.8) is 0 Å². The minimum Gasteiger partial charge on any atom is -0.494 e. The summed E-state index contributed by atoms with van der Waals surface area (Å²) < 4.78 is 6.52. The average Bonchev–Trinajstić information content (AvgIpc) is 2.83. The van der Waals surface area contributed by atoms with Crippen molar-refractivity contribution >= 4 is 17.6 Å². The van der Waals surface area contributed by atoms with Crippen LogP contribution < -0.4 is 15.7 Å². The maximum atomic E-state index is 6.52. The molecule has 2 aromatic carbocycles. The smallest absolute Gasteiger partial charge is 0.211 e. The third-order valence-corrected chi connectivity index (χ3v) is 7.96. The Bertz CT molecular complexity index is 911. The van der Waals surface area contributed by atoms with Crippen molar-refractivity contribution in [3.05, 3.63) is 52.1 Å². The molecular weight excluding hydrogens is 435 g/mol. The summed E-state index contributed by atoms with van der Waals surface area (Å²) >= 11 is 0. The van der Waals surface area contributed by atoms with E-state index in [1.165, 1.54) is 83.7 Å². The number of hydrogen-bond donors (Lipinski definition) is 0. The van der Waals surface area contributed by atoms with E-state index in [1.54, 1.807) is 0 Å². The van der Waals surface area contributed by atoms with Crippen LogP contribution in [0, 0.1) is 13.8 Å². The SMILES string of the molecule is CCCCCCCCCCOc1cc(C)c(C)cc1B(C)c1c(C(C)C)cc(C(C)C)cc1C(C)C. The molecule has 0 radical (unpaired) electrons. The topological polar surface area (TPSA) is 9.23 Å². The molecule has 200 valence electrons. The molecule has 1 nitrogen and oxygen atoms in total. The van der Waals surface area contributed by atoms with Gasteiger partial charge in [0, 0.05) is 0 Å². The van der Waals surface area contributed by atoms with Crippen molar-refractivity contribution in [1.82, 2.24) is 0 Å². The van der Waals surface area contributed by atoms with Gasteiger partial charge in [-0.2, -0.15) is 0 Å². The van der Waals surface area contributed by atoms with Crippen LogP contribution in [0.4, 0.5) is 0 Å². The molecule has 36 heavy (non-hydrogen) atoms. The van der Waals surface area contributed by atoms with Gasteiger partial charge in [-0.3, -0.25) is 0 Å². The zero-order valence-corrected chi connectivity index (χ0v) is 25.4. The van der Waals surface area contributed by atoms with Crippen LogP contribution in [0.1, 0.15) is 145 Å². The van der Waals surface area contributed by atoms with Crippen LogP contribution in [-0.2, 0) is 0 Å². The molecule has 0 fully saturated rings. The summed E-state index contributed by atoms with van der Waals surface area (Å²) in [5.41, 5.74) is 10.0. The van der Waals surface area contributed by atoms with Gasteiger partial charge in [0.1, 0.15) is 5.75 Å². The molecule has 0 atom stereocenters. The van der Waals surface area contributed by atoms with Gasteiger partial charge in [0.15, 0.2) is 0 Å². The quantitative estimate of drug-likeness (QED) is 0.178. The van der Waals surface area contributed by atoms with Gasteiger partial charge in [-0.15, -0.1) is 0 Å². The number of rotatable bonds is 15. The van der Waals surface area contributed by atoms with Crippen molar-refractivity contribution in [2.75, 3.05) is 6.61 Å². The van der Waals surface area contributed by atoms with Gasteiger partial charge >= 0.3 is 0 Å². The van der Waals surface area contributed by atoms with Crippen LogP contribution in [0.3, 0.4) is 0 Å². The summed E-state index contributed by atoms with van der Waals surface area (Å²) in [7, 11) is 0. The lowest BCUT2D eigenvalue weighted by atomic mass is 9.39. The van der Waals surface area contributed by atoms with E-state index in [9.17, 15) is 0 Å². The van der Waals surface area contributed by atoms with E-state index in [0.717, 1.165) is 18.8 Å².